The zero-order valence-corrected chi connectivity index (χ0v) is 6.21. The fraction of sp³-hybridized carbons (Fsp3) is 0.250. The lowest BCUT2D eigenvalue weighted by Crippen LogP contribution is -2.06. The van der Waals surface area contributed by atoms with Crippen molar-refractivity contribution in [3.8, 4) is 0 Å². The average molecular weight is 161 g/mol. The Morgan fingerprint density at radius 2 is 2.00 bits per heavy atom. The largest absolute Gasteiger partial charge is 0.331 e. The van der Waals surface area contributed by atoms with Crippen molar-refractivity contribution in [1.82, 2.24) is 4.98 Å². The van der Waals surface area contributed by atoms with Crippen LogP contribution in [0.2, 0.25) is 0 Å². The number of nitrogens with zero attached hydrogens (tertiary/aromatic N) is 1. The van der Waals surface area contributed by atoms with Gasteiger partial charge in [0.15, 0.2) is 0 Å². The number of rotatable bonds is 0. The first-order valence-electron chi connectivity index (χ1n) is 2.17. The lowest BCUT2D eigenvalue weighted by atomic mass is 10.9. The molecule has 0 saturated carbocycles. The molecular formula is C4H3NO2S2. The van der Waals surface area contributed by atoms with Gasteiger partial charge in [-0.05, 0) is 18.3 Å². The van der Waals surface area contributed by atoms with Gasteiger partial charge in [0.2, 0.25) is 0 Å². The molecule has 0 amide bonds. The molecule has 0 fully saturated rings. The molecule has 0 radical (unpaired) electrons. The SMILES string of the molecule is Cc1nc(=O)sc(=O)s1. The fourth-order valence-corrected chi connectivity index (χ4v) is 1.88. The molecule has 5 heteroatoms. The van der Waals surface area contributed by atoms with E-state index >= 15 is 0 Å². The number of hydrogen-bond acceptors (Lipinski definition) is 5. The molecule has 1 heterocycles. The van der Waals surface area contributed by atoms with Crippen molar-refractivity contribution < 1.29 is 0 Å². The Labute approximate surface area is 58.6 Å². The zero-order valence-electron chi connectivity index (χ0n) is 4.58. The lowest BCUT2D eigenvalue weighted by Gasteiger charge is -1.79. The van der Waals surface area contributed by atoms with Gasteiger partial charge in [-0.1, -0.05) is 11.3 Å². The van der Waals surface area contributed by atoms with Crippen molar-refractivity contribution in [2.75, 3.05) is 0 Å². The zero-order chi connectivity index (χ0) is 6.85. The monoisotopic (exact) mass is 161 g/mol. The molecule has 3 nitrogen and oxygen atoms in total. The molecule has 0 atom stereocenters. The summed E-state index contributed by atoms with van der Waals surface area (Å²) in [5.74, 6) is 0. The van der Waals surface area contributed by atoms with Gasteiger partial charge >= 0.3 is 4.87 Å². The van der Waals surface area contributed by atoms with Crippen LogP contribution in [0.5, 0.6) is 0 Å². The van der Waals surface area contributed by atoms with Crippen molar-refractivity contribution in [3.63, 3.8) is 0 Å². The van der Waals surface area contributed by atoms with E-state index in [4.69, 9.17) is 0 Å². The first-order valence-corrected chi connectivity index (χ1v) is 3.80. The van der Waals surface area contributed by atoms with Gasteiger partial charge in [-0.2, -0.15) is 4.98 Å². The maximum Gasteiger partial charge on any atom is 0.331 e. The van der Waals surface area contributed by atoms with Crippen molar-refractivity contribution in [2.45, 2.75) is 6.92 Å². The number of aryl methyl sites for hydroxylation is 1. The summed E-state index contributed by atoms with van der Waals surface area (Å²) in [7, 11) is 0. The molecule has 9 heavy (non-hydrogen) atoms. The van der Waals surface area contributed by atoms with Crippen LogP contribution in [0, 0.1) is 6.92 Å². The minimum Gasteiger partial charge on any atom is -0.265 e. The van der Waals surface area contributed by atoms with Crippen molar-refractivity contribution in [1.29, 1.82) is 0 Å². The van der Waals surface area contributed by atoms with Crippen LogP contribution in [0.3, 0.4) is 0 Å². The highest BCUT2D eigenvalue weighted by Gasteiger charge is 1.91. The van der Waals surface area contributed by atoms with E-state index in [2.05, 4.69) is 4.98 Å². The van der Waals surface area contributed by atoms with E-state index < -0.39 is 4.87 Å². The van der Waals surface area contributed by atoms with E-state index in [-0.39, 0.29) is 4.06 Å². The molecule has 0 spiro atoms. The Bertz CT molecular complexity index is 285. The molecule has 0 aliphatic carbocycles. The molecule has 0 bridgehead atoms. The van der Waals surface area contributed by atoms with E-state index in [1.54, 1.807) is 6.92 Å². The summed E-state index contributed by atoms with van der Waals surface area (Å²) in [6.07, 6.45) is 0. The molecule has 0 N–H and O–H groups in total. The molecule has 0 aliphatic rings. The second kappa shape index (κ2) is 2.36. The average Bonchev–Trinajstić information content (AvgIpc) is 1.59. The molecule has 48 valence electrons. The Morgan fingerprint density at radius 1 is 1.33 bits per heavy atom. The third-order valence-corrected chi connectivity index (χ3v) is 2.14. The highest BCUT2D eigenvalue weighted by atomic mass is 32.2. The molecule has 0 aliphatic heterocycles. The van der Waals surface area contributed by atoms with Gasteiger partial charge < -0.3 is 0 Å². The van der Waals surface area contributed by atoms with Crippen molar-refractivity contribution in [3.05, 3.63) is 23.5 Å². The van der Waals surface area contributed by atoms with E-state index in [9.17, 15) is 9.59 Å². The summed E-state index contributed by atoms with van der Waals surface area (Å²) < 4.78 is -0.187. The third-order valence-electron chi connectivity index (χ3n) is 0.650. The van der Waals surface area contributed by atoms with E-state index in [0.717, 1.165) is 11.3 Å². The minimum absolute atomic E-state index is 0.187. The second-order valence-corrected chi connectivity index (χ2v) is 3.70. The highest BCUT2D eigenvalue weighted by Crippen LogP contribution is 1.90. The first-order chi connectivity index (χ1) is 4.18. The Morgan fingerprint density at radius 3 is 2.44 bits per heavy atom. The first kappa shape index (κ1) is 6.57. The third kappa shape index (κ3) is 1.69. The summed E-state index contributed by atoms with van der Waals surface area (Å²) in [6.45, 7) is 1.64. The van der Waals surface area contributed by atoms with Gasteiger partial charge in [-0.3, -0.25) is 9.59 Å². The summed E-state index contributed by atoms with van der Waals surface area (Å²) >= 11 is 1.64. The molecule has 0 unspecified atom stereocenters. The van der Waals surface area contributed by atoms with Gasteiger partial charge in [0.1, 0.15) is 0 Å². The summed E-state index contributed by atoms with van der Waals surface area (Å²) in [4.78, 5) is 24.0. The molecule has 0 aromatic carbocycles. The predicted octanol–water partition coefficient (Wildman–Crippen LogP) is 0.233. The van der Waals surface area contributed by atoms with Crippen molar-refractivity contribution >= 4 is 22.7 Å². The van der Waals surface area contributed by atoms with E-state index in [1.807, 2.05) is 0 Å². The van der Waals surface area contributed by atoms with Crippen LogP contribution in [-0.2, 0) is 0 Å². The minimum atomic E-state index is -0.406. The fourth-order valence-electron chi connectivity index (χ4n) is 0.387. The van der Waals surface area contributed by atoms with Gasteiger partial charge in [0.25, 0.3) is 4.06 Å². The normalized spacial score (nSPS) is 9.44. The van der Waals surface area contributed by atoms with E-state index in [1.165, 1.54) is 0 Å². The van der Waals surface area contributed by atoms with Gasteiger partial charge in [0.05, 0.1) is 5.01 Å². The summed E-state index contributed by atoms with van der Waals surface area (Å²) in [6, 6.07) is 0. The molecule has 0 saturated heterocycles. The van der Waals surface area contributed by atoms with Crippen LogP contribution < -0.4 is 8.93 Å². The summed E-state index contributed by atoms with van der Waals surface area (Å²) in [5, 5.41) is 0.531. The van der Waals surface area contributed by atoms with Gasteiger partial charge in [-0.15, -0.1) is 0 Å². The number of aromatic nitrogens is 1. The quantitative estimate of drug-likeness (QED) is 0.547. The van der Waals surface area contributed by atoms with Crippen LogP contribution in [0.4, 0.5) is 0 Å². The Kier molecular flexibility index (Phi) is 1.73. The van der Waals surface area contributed by atoms with Crippen LogP contribution in [0.15, 0.2) is 9.59 Å². The van der Waals surface area contributed by atoms with Crippen LogP contribution in [0.25, 0.3) is 0 Å². The highest BCUT2D eigenvalue weighted by molar-refractivity contribution is 7.22. The number of hydrogen-bond donors (Lipinski definition) is 0. The van der Waals surface area contributed by atoms with Gasteiger partial charge in [0, 0.05) is 0 Å². The standard InChI is InChI=1S/C4H3NO2S2/c1-2-5-3(6)9-4(7)8-2/h1H3. The maximum absolute atomic E-state index is 10.5. The molecule has 1 rings (SSSR count). The lowest BCUT2D eigenvalue weighted by molar-refractivity contribution is 1.24. The van der Waals surface area contributed by atoms with Crippen LogP contribution >= 0.6 is 22.7 Å². The van der Waals surface area contributed by atoms with Crippen LogP contribution in [-0.4, -0.2) is 4.98 Å². The van der Waals surface area contributed by atoms with Gasteiger partial charge in [-0.25, -0.2) is 0 Å². The Hall–Kier alpha value is -0.550. The summed E-state index contributed by atoms with van der Waals surface area (Å²) in [5.41, 5.74) is 0. The molecule has 1 aromatic rings. The smallest absolute Gasteiger partial charge is 0.265 e. The molecule has 1 aromatic heterocycles. The van der Waals surface area contributed by atoms with Crippen molar-refractivity contribution in [2.24, 2.45) is 0 Å². The topological polar surface area (TPSA) is 47.0 Å². The predicted molar refractivity (Wildman–Crippen MR) is 37.3 cm³/mol. The molecular weight excluding hydrogens is 158 g/mol. The van der Waals surface area contributed by atoms with Crippen LogP contribution in [0.1, 0.15) is 5.01 Å². The van der Waals surface area contributed by atoms with E-state index in [0.29, 0.717) is 16.3 Å². The Balaban J connectivity index is 3.52. The maximum atomic E-state index is 10.5. The second-order valence-electron chi connectivity index (χ2n) is 1.35.